The number of nitrogens with zero attached hydrogens (tertiary/aromatic N) is 2. The van der Waals surface area contributed by atoms with Crippen LogP contribution in [0.25, 0.3) is 0 Å². The van der Waals surface area contributed by atoms with E-state index in [9.17, 15) is 5.21 Å². The fourth-order valence-corrected chi connectivity index (χ4v) is 0.659. The third-order valence-corrected chi connectivity index (χ3v) is 1.17. The summed E-state index contributed by atoms with van der Waals surface area (Å²) in [7, 11) is 0. The van der Waals surface area contributed by atoms with E-state index in [2.05, 4.69) is 5.11 Å². The van der Waals surface area contributed by atoms with Gasteiger partial charge in [-0.1, -0.05) is 5.53 Å². The van der Waals surface area contributed by atoms with Crippen molar-refractivity contribution in [1.82, 2.24) is 0 Å². The van der Waals surface area contributed by atoms with Gasteiger partial charge in [0.15, 0.2) is 0 Å². The minimum absolute atomic E-state index is 0.125. The Balaban J connectivity index is 3.21. The largest absolute Gasteiger partial charge is 0.710 e. The molecule has 10 heavy (non-hydrogen) atoms. The van der Waals surface area contributed by atoms with Gasteiger partial charge in [-0.2, -0.15) is 0 Å². The van der Waals surface area contributed by atoms with Gasteiger partial charge in [0.05, 0.1) is 11.3 Å². The van der Waals surface area contributed by atoms with Gasteiger partial charge in [0, 0.05) is 6.07 Å². The van der Waals surface area contributed by atoms with Crippen molar-refractivity contribution in [3.63, 3.8) is 0 Å². The molecule has 1 aromatic heterocycles. The third-order valence-electron chi connectivity index (χ3n) is 1.17. The van der Waals surface area contributed by atoms with Crippen molar-refractivity contribution in [2.24, 2.45) is 5.11 Å². The van der Waals surface area contributed by atoms with Crippen LogP contribution < -0.4 is 4.73 Å². The Labute approximate surface area is 58.2 Å². The lowest BCUT2D eigenvalue weighted by atomic mass is 10.3. The average Bonchev–Trinajstić information content (AvgIpc) is 1.94. The van der Waals surface area contributed by atoms with Crippen molar-refractivity contribution in [2.75, 3.05) is 0 Å². The van der Waals surface area contributed by atoms with E-state index in [1.807, 2.05) is 6.92 Å². The summed E-state index contributed by atoms with van der Waals surface area (Å²) < 4.78 is 0.556. The standard InChI is InChI=1S/C6H7N3O/c1-5-2-3-9(10)6(4-5)8-7/h2-4,7H,1H3. The number of rotatable bonds is 1. The minimum Gasteiger partial charge on any atom is -0.710 e. The molecule has 0 bridgehead atoms. The van der Waals surface area contributed by atoms with E-state index in [0.29, 0.717) is 4.73 Å². The normalized spacial score (nSPS) is 9.30. The smallest absolute Gasteiger partial charge is 0.353 e. The molecule has 0 fully saturated rings. The van der Waals surface area contributed by atoms with Crippen LogP contribution >= 0.6 is 0 Å². The lowest BCUT2D eigenvalue weighted by Gasteiger charge is -2.00. The lowest BCUT2D eigenvalue weighted by molar-refractivity contribution is -0.592. The van der Waals surface area contributed by atoms with E-state index in [4.69, 9.17) is 5.53 Å². The molecule has 0 atom stereocenters. The molecule has 52 valence electrons. The fourth-order valence-electron chi connectivity index (χ4n) is 0.659. The van der Waals surface area contributed by atoms with Gasteiger partial charge < -0.3 is 5.21 Å². The summed E-state index contributed by atoms with van der Waals surface area (Å²) in [4.78, 5) is 0. The van der Waals surface area contributed by atoms with Gasteiger partial charge in [0.2, 0.25) is 0 Å². The van der Waals surface area contributed by atoms with E-state index in [0.717, 1.165) is 5.56 Å². The molecule has 0 radical (unpaired) electrons. The highest BCUT2D eigenvalue weighted by atomic mass is 16.5. The molecule has 0 aliphatic carbocycles. The van der Waals surface area contributed by atoms with Gasteiger partial charge >= 0.3 is 5.82 Å². The SMILES string of the molecule is Cc1cc[n+]([O-])c(N=N)c1. The van der Waals surface area contributed by atoms with Gasteiger partial charge in [0.25, 0.3) is 0 Å². The molecule has 1 rings (SSSR count). The highest BCUT2D eigenvalue weighted by molar-refractivity contribution is 5.23. The van der Waals surface area contributed by atoms with Gasteiger partial charge in [-0.15, -0.1) is 0 Å². The number of pyridine rings is 1. The summed E-state index contributed by atoms with van der Waals surface area (Å²) in [5.41, 5.74) is 7.51. The van der Waals surface area contributed by atoms with Crippen molar-refractivity contribution >= 4 is 5.82 Å². The zero-order chi connectivity index (χ0) is 7.56. The van der Waals surface area contributed by atoms with Crippen LogP contribution in [-0.2, 0) is 0 Å². The molecule has 1 heterocycles. The molecule has 0 aliphatic rings. The molecule has 0 spiro atoms. The van der Waals surface area contributed by atoms with Crippen LogP contribution in [-0.4, -0.2) is 0 Å². The zero-order valence-corrected chi connectivity index (χ0v) is 5.53. The number of aryl methyl sites for hydroxylation is 1. The Kier molecular flexibility index (Phi) is 1.62. The molecule has 4 nitrogen and oxygen atoms in total. The third kappa shape index (κ3) is 1.10. The molecule has 0 unspecified atom stereocenters. The Bertz CT molecular complexity index is 259. The predicted molar refractivity (Wildman–Crippen MR) is 34.9 cm³/mol. The first-order chi connectivity index (χ1) is 4.74. The molecule has 4 heteroatoms. The second-order valence-electron chi connectivity index (χ2n) is 2.00. The maximum atomic E-state index is 10.7. The molecule has 1 N–H and O–H groups in total. The van der Waals surface area contributed by atoms with Crippen molar-refractivity contribution < 1.29 is 4.73 Å². The van der Waals surface area contributed by atoms with Crippen molar-refractivity contribution in [3.05, 3.63) is 29.1 Å². The predicted octanol–water partition coefficient (Wildman–Crippen LogP) is 1.29. The first kappa shape index (κ1) is 6.67. The van der Waals surface area contributed by atoms with Crippen molar-refractivity contribution in [3.8, 4) is 0 Å². The van der Waals surface area contributed by atoms with E-state index >= 15 is 0 Å². The maximum Gasteiger partial charge on any atom is 0.353 e. The molecule has 0 saturated carbocycles. The molecular formula is C6H7N3O. The van der Waals surface area contributed by atoms with E-state index < -0.39 is 0 Å². The van der Waals surface area contributed by atoms with Gasteiger partial charge in [-0.3, -0.25) is 0 Å². The highest BCUT2D eigenvalue weighted by Crippen LogP contribution is 2.05. The zero-order valence-electron chi connectivity index (χ0n) is 5.53. The van der Waals surface area contributed by atoms with E-state index in [-0.39, 0.29) is 5.82 Å². The Hall–Kier alpha value is -1.45. The van der Waals surface area contributed by atoms with E-state index in [1.54, 1.807) is 12.1 Å². The summed E-state index contributed by atoms with van der Waals surface area (Å²) in [6.45, 7) is 1.84. The number of aromatic nitrogens is 1. The summed E-state index contributed by atoms with van der Waals surface area (Å²) in [5.74, 6) is 0.125. The Morgan fingerprint density at radius 2 is 2.40 bits per heavy atom. The first-order valence-electron chi connectivity index (χ1n) is 2.81. The minimum atomic E-state index is 0.125. The van der Waals surface area contributed by atoms with Crippen LogP contribution in [0.5, 0.6) is 0 Å². The molecule has 0 amide bonds. The number of hydrogen-bond donors (Lipinski definition) is 1. The first-order valence-corrected chi connectivity index (χ1v) is 2.81. The van der Waals surface area contributed by atoms with Crippen LogP contribution in [0, 0.1) is 17.7 Å². The average molecular weight is 137 g/mol. The topological polar surface area (TPSA) is 63.1 Å². The Morgan fingerprint density at radius 3 is 2.90 bits per heavy atom. The molecule has 0 aromatic carbocycles. The van der Waals surface area contributed by atoms with Crippen molar-refractivity contribution in [2.45, 2.75) is 6.92 Å². The maximum absolute atomic E-state index is 10.7. The Morgan fingerprint density at radius 1 is 1.70 bits per heavy atom. The lowest BCUT2D eigenvalue weighted by Crippen LogP contribution is -2.24. The van der Waals surface area contributed by atoms with Crippen LogP contribution in [0.1, 0.15) is 5.56 Å². The molecule has 1 aromatic rings. The van der Waals surface area contributed by atoms with Crippen LogP contribution in [0.15, 0.2) is 23.4 Å². The van der Waals surface area contributed by atoms with Crippen LogP contribution in [0.4, 0.5) is 5.82 Å². The quantitative estimate of drug-likeness (QED) is 0.354. The molecule has 0 aliphatic heterocycles. The number of nitrogens with one attached hydrogen (secondary N) is 1. The number of hydrogen-bond acceptors (Lipinski definition) is 3. The van der Waals surface area contributed by atoms with E-state index in [1.165, 1.54) is 6.20 Å². The molecule has 0 saturated heterocycles. The van der Waals surface area contributed by atoms with Gasteiger partial charge in [-0.25, -0.2) is 4.73 Å². The monoisotopic (exact) mass is 137 g/mol. The summed E-state index contributed by atoms with van der Waals surface area (Å²) in [5, 5.41) is 13.7. The van der Waals surface area contributed by atoms with Crippen molar-refractivity contribution in [1.29, 1.82) is 5.53 Å². The second kappa shape index (κ2) is 2.43. The summed E-state index contributed by atoms with van der Waals surface area (Å²) >= 11 is 0. The van der Waals surface area contributed by atoms with Crippen LogP contribution in [0.2, 0.25) is 0 Å². The van der Waals surface area contributed by atoms with Gasteiger partial charge in [-0.05, 0) is 18.6 Å². The van der Waals surface area contributed by atoms with Crippen LogP contribution in [0.3, 0.4) is 0 Å². The fraction of sp³-hybridized carbons (Fsp3) is 0.167. The summed E-state index contributed by atoms with van der Waals surface area (Å²) in [6, 6.07) is 3.22. The summed E-state index contributed by atoms with van der Waals surface area (Å²) in [6.07, 6.45) is 1.34. The second-order valence-corrected chi connectivity index (χ2v) is 2.00. The highest BCUT2D eigenvalue weighted by Gasteiger charge is 2.00. The molecular weight excluding hydrogens is 130 g/mol. The van der Waals surface area contributed by atoms with Gasteiger partial charge in [0.1, 0.15) is 0 Å².